The first kappa shape index (κ1) is 9.40. The molecule has 2 rings (SSSR count). The van der Waals surface area contributed by atoms with E-state index in [-0.39, 0.29) is 17.7 Å². The fraction of sp³-hybridized carbons (Fsp3) is 0.600. The zero-order valence-electron chi connectivity index (χ0n) is 8.31. The molecule has 14 heavy (non-hydrogen) atoms. The summed E-state index contributed by atoms with van der Waals surface area (Å²) in [6.45, 7) is 0. The normalized spacial score (nSPS) is 26.7. The first-order valence-corrected chi connectivity index (χ1v) is 4.96. The number of nitrogens with two attached hydrogens (primary N) is 1. The van der Waals surface area contributed by atoms with Crippen molar-refractivity contribution in [1.29, 1.82) is 0 Å². The summed E-state index contributed by atoms with van der Waals surface area (Å²) in [5.41, 5.74) is 6.42. The van der Waals surface area contributed by atoms with E-state index in [4.69, 9.17) is 5.73 Å². The predicted octanol–water partition coefficient (Wildman–Crippen LogP) is 0.730. The molecule has 2 unspecified atom stereocenters. The van der Waals surface area contributed by atoms with Crippen LogP contribution in [0.3, 0.4) is 0 Å². The summed E-state index contributed by atoms with van der Waals surface area (Å²) in [7, 11) is 1.86. The van der Waals surface area contributed by atoms with Crippen LogP contribution >= 0.6 is 0 Å². The molecule has 1 aromatic heterocycles. The van der Waals surface area contributed by atoms with Crippen molar-refractivity contribution in [2.24, 2.45) is 18.7 Å². The fourth-order valence-corrected chi connectivity index (χ4v) is 2.04. The molecule has 0 aliphatic heterocycles. The number of ketones is 1. The molecule has 4 nitrogen and oxygen atoms in total. The van der Waals surface area contributed by atoms with E-state index in [0.29, 0.717) is 5.69 Å². The van der Waals surface area contributed by atoms with Gasteiger partial charge in [0.15, 0.2) is 5.78 Å². The number of imidazole rings is 1. The van der Waals surface area contributed by atoms with Crippen LogP contribution < -0.4 is 5.73 Å². The van der Waals surface area contributed by atoms with Crippen LogP contribution in [0.2, 0.25) is 0 Å². The van der Waals surface area contributed by atoms with Gasteiger partial charge in [0, 0.05) is 25.2 Å². The monoisotopic (exact) mass is 193 g/mol. The maximum absolute atomic E-state index is 11.9. The number of aryl methyl sites for hydroxylation is 1. The van der Waals surface area contributed by atoms with Crippen LogP contribution in [-0.2, 0) is 7.05 Å². The second-order valence-electron chi connectivity index (χ2n) is 3.99. The molecule has 1 aromatic rings. The van der Waals surface area contributed by atoms with Crippen molar-refractivity contribution in [3.63, 3.8) is 0 Å². The van der Waals surface area contributed by atoms with Gasteiger partial charge in [0.25, 0.3) is 0 Å². The summed E-state index contributed by atoms with van der Waals surface area (Å²) >= 11 is 0. The molecule has 76 valence electrons. The van der Waals surface area contributed by atoms with Gasteiger partial charge in [-0.2, -0.15) is 0 Å². The highest BCUT2D eigenvalue weighted by Gasteiger charge is 2.31. The minimum Gasteiger partial charge on any atom is -0.340 e. The Labute approximate surface area is 83.1 Å². The van der Waals surface area contributed by atoms with Gasteiger partial charge >= 0.3 is 0 Å². The standard InChI is InChI=1S/C10H15N3O/c1-13-5-9(12-6-13)10(14)7-3-2-4-8(7)11/h5-8H,2-4,11H2,1H3. The molecule has 0 aromatic carbocycles. The lowest BCUT2D eigenvalue weighted by molar-refractivity contribution is 0.0908. The maximum Gasteiger partial charge on any atom is 0.187 e. The van der Waals surface area contributed by atoms with Gasteiger partial charge in [-0.3, -0.25) is 4.79 Å². The maximum atomic E-state index is 11.9. The summed E-state index contributed by atoms with van der Waals surface area (Å²) in [5.74, 6) is 0.0977. The van der Waals surface area contributed by atoms with Crippen molar-refractivity contribution in [2.75, 3.05) is 0 Å². The highest BCUT2D eigenvalue weighted by Crippen LogP contribution is 2.26. The molecule has 0 amide bonds. The highest BCUT2D eigenvalue weighted by atomic mass is 16.1. The Morgan fingerprint density at radius 1 is 1.64 bits per heavy atom. The lowest BCUT2D eigenvalue weighted by atomic mass is 9.97. The van der Waals surface area contributed by atoms with Crippen LogP contribution in [0.5, 0.6) is 0 Å². The molecule has 1 heterocycles. The number of hydrogen-bond donors (Lipinski definition) is 1. The van der Waals surface area contributed by atoms with Crippen molar-refractivity contribution in [3.8, 4) is 0 Å². The SMILES string of the molecule is Cn1cnc(C(=O)C2CCCC2N)c1. The third kappa shape index (κ3) is 1.57. The highest BCUT2D eigenvalue weighted by molar-refractivity contribution is 5.96. The molecule has 0 spiro atoms. The molecular formula is C10H15N3O. The number of carbonyl (C=O) groups is 1. The van der Waals surface area contributed by atoms with Crippen LogP contribution in [0.25, 0.3) is 0 Å². The Hall–Kier alpha value is -1.16. The Kier molecular flexibility index (Phi) is 2.37. The average molecular weight is 193 g/mol. The number of rotatable bonds is 2. The summed E-state index contributed by atoms with van der Waals surface area (Å²) in [6.07, 6.45) is 6.34. The van der Waals surface area contributed by atoms with Gasteiger partial charge in [-0.05, 0) is 12.8 Å². The van der Waals surface area contributed by atoms with Gasteiger partial charge in [0.1, 0.15) is 5.69 Å². The predicted molar refractivity (Wildman–Crippen MR) is 52.9 cm³/mol. The number of carbonyl (C=O) groups excluding carboxylic acids is 1. The molecule has 0 bridgehead atoms. The van der Waals surface area contributed by atoms with Gasteiger partial charge in [-0.1, -0.05) is 6.42 Å². The molecule has 1 aliphatic carbocycles. The van der Waals surface area contributed by atoms with E-state index in [0.717, 1.165) is 19.3 Å². The van der Waals surface area contributed by atoms with E-state index in [1.165, 1.54) is 0 Å². The average Bonchev–Trinajstić information content (AvgIpc) is 2.73. The van der Waals surface area contributed by atoms with E-state index in [1.54, 1.807) is 17.1 Å². The van der Waals surface area contributed by atoms with Crippen LogP contribution in [0.15, 0.2) is 12.5 Å². The first-order valence-electron chi connectivity index (χ1n) is 4.96. The summed E-state index contributed by atoms with van der Waals surface area (Å²) in [4.78, 5) is 16.0. The van der Waals surface area contributed by atoms with Gasteiger partial charge < -0.3 is 10.3 Å². The fourth-order valence-electron chi connectivity index (χ4n) is 2.04. The van der Waals surface area contributed by atoms with Gasteiger partial charge in [0.05, 0.1) is 6.33 Å². The molecule has 2 atom stereocenters. The lowest BCUT2D eigenvalue weighted by Gasteiger charge is -2.11. The molecule has 4 heteroatoms. The topological polar surface area (TPSA) is 60.9 Å². The zero-order valence-corrected chi connectivity index (χ0v) is 8.31. The third-order valence-corrected chi connectivity index (χ3v) is 2.86. The summed E-state index contributed by atoms with van der Waals surface area (Å²) < 4.78 is 1.79. The number of nitrogens with zero attached hydrogens (tertiary/aromatic N) is 2. The largest absolute Gasteiger partial charge is 0.340 e. The van der Waals surface area contributed by atoms with Crippen LogP contribution in [0.4, 0.5) is 0 Å². The van der Waals surface area contributed by atoms with Crippen molar-refractivity contribution >= 4 is 5.78 Å². The number of hydrogen-bond acceptors (Lipinski definition) is 3. The smallest absolute Gasteiger partial charge is 0.187 e. The Morgan fingerprint density at radius 3 is 2.93 bits per heavy atom. The zero-order chi connectivity index (χ0) is 10.1. The van der Waals surface area contributed by atoms with E-state index < -0.39 is 0 Å². The van der Waals surface area contributed by atoms with Crippen molar-refractivity contribution < 1.29 is 4.79 Å². The Bertz CT molecular complexity index is 345. The summed E-state index contributed by atoms with van der Waals surface area (Å²) in [6, 6.07) is 0.0320. The number of aromatic nitrogens is 2. The minimum atomic E-state index is -0.00935. The van der Waals surface area contributed by atoms with E-state index in [9.17, 15) is 4.79 Å². The quantitative estimate of drug-likeness (QED) is 0.704. The molecule has 0 saturated heterocycles. The molecule has 1 fully saturated rings. The molecule has 0 radical (unpaired) electrons. The first-order chi connectivity index (χ1) is 6.68. The van der Waals surface area contributed by atoms with Crippen LogP contribution in [0.1, 0.15) is 29.8 Å². The lowest BCUT2D eigenvalue weighted by Crippen LogP contribution is -2.30. The van der Waals surface area contributed by atoms with E-state index >= 15 is 0 Å². The second kappa shape index (κ2) is 3.53. The molecule has 2 N–H and O–H groups in total. The van der Waals surface area contributed by atoms with Crippen molar-refractivity contribution in [2.45, 2.75) is 25.3 Å². The van der Waals surface area contributed by atoms with E-state index in [2.05, 4.69) is 4.98 Å². The van der Waals surface area contributed by atoms with Crippen molar-refractivity contribution in [1.82, 2.24) is 9.55 Å². The molecule has 1 saturated carbocycles. The van der Waals surface area contributed by atoms with Gasteiger partial charge in [0.2, 0.25) is 0 Å². The summed E-state index contributed by atoms with van der Waals surface area (Å²) in [5, 5.41) is 0. The Balaban J connectivity index is 2.15. The molecular weight excluding hydrogens is 178 g/mol. The minimum absolute atomic E-state index is 0.00935. The van der Waals surface area contributed by atoms with Crippen LogP contribution in [0, 0.1) is 5.92 Å². The van der Waals surface area contributed by atoms with Crippen LogP contribution in [-0.4, -0.2) is 21.4 Å². The van der Waals surface area contributed by atoms with E-state index in [1.807, 2.05) is 7.05 Å². The van der Waals surface area contributed by atoms with Crippen molar-refractivity contribution in [3.05, 3.63) is 18.2 Å². The van der Waals surface area contributed by atoms with Gasteiger partial charge in [-0.15, -0.1) is 0 Å². The Morgan fingerprint density at radius 2 is 2.43 bits per heavy atom. The molecule has 1 aliphatic rings. The van der Waals surface area contributed by atoms with Gasteiger partial charge in [-0.25, -0.2) is 4.98 Å². The third-order valence-electron chi connectivity index (χ3n) is 2.86. The number of Topliss-reactive ketones (excluding diaryl/α,β-unsaturated/α-hetero) is 1. The second-order valence-corrected chi connectivity index (χ2v) is 3.99.